The molecule has 0 N–H and O–H groups in total. The van der Waals surface area contributed by atoms with Gasteiger partial charge in [-0.1, -0.05) is 32.3 Å². The minimum Gasteiger partial charge on any atom is -0.543 e. The molecule has 0 unspecified atom stereocenters. The van der Waals surface area contributed by atoms with E-state index in [1.165, 1.54) is 50.5 Å². The monoisotopic (exact) mass is 260 g/mol. The number of nitrogens with zero attached hydrogens (tertiary/aromatic N) is 1. The molecule has 0 spiro atoms. The van der Waals surface area contributed by atoms with Crippen LogP contribution in [0.3, 0.4) is 0 Å². The number of hydrogen-bond acceptors (Lipinski definition) is 3. The lowest BCUT2D eigenvalue weighted by Crippen LogP contribution is -2.23. The Balaban J connectivity index is 1.88. The summed E-state index contributed by atoms with van der Waals surface area (Å²) in [5.41, 5.74) is 1.21. The van der Waals surface area contributed by atoms with Crippen molar-refractivity contribution in [1.82, 2.24) is 4.98 Å². The van der Waals surface area contributed by atoms with E-state index in [2.05, 4.69) is 11.9 Å². The summed E-state index contributed by atoms with van der Waals surface area (Å²) in [4.78, 5) is 14.6. The van der Waals surface area contributed by atoms with E-state index in [-0.39, 0.29) is 5.69 Å². The Morgan fingerprint density at radius 3 is 2.58 bits per heavy atom. The molecule has 0 saturated heterocycles. The third-order valence-corrected chi connectivity index (χ3v) is 4.28. The van der Waals surface area contributed by atoms with Gasteiger partial charge in [0.15, 0.2) is 0 Å². The molecular weight excluding hydrogens is 238 g/mol. The Kier molecular flexibility index (Phi) is 4.94. The van der Waals surface area contributed by atoms with Crippen LogP contribution < -0.4 is 5.11 Å². The van der Waals surface area contributed by atoms with Gasteiger partial charge in [-0.05, 0) is 49.1 Å². The minimum atomic E-state index is -1.20. The van der Waals surface area contributed by atoms with Crippen molar-refractivity contribution in [2.45, 2.75) is 57.8 Å². The van der Waals surface area contributed by atoms with Crippen LogP contribution in [0.25, 0.3) is 0 Å². The molecule has 104 valence electrons. The fourth-order valence-electron chi connectivity index (χ4n) is 3.04. The summed E-state index contributed by atoms with van der Waals surface area (Å²) in [7, 11) is 0. The van der Waals surface area contributed by atoms with Gasteiger partial charge in [0.1, 0.15) is 0 Å². The van der Waals surface area contributed by atoms with E-state index in [1.54, 1.807) is 12.3 Å². The van der Waals surface area contributed by atoms with E-state index in [0.29, 0.717) is 5.92 Å². The summed E-state index contributed by atoms with van der Waals surface area (Å²) in [5, 5.41) is 10.7. The Labute approximate surface area is 115 Å². The van der Waals surface area contributed by atoms with Crippen LogP contribution in [0.15, 0.2) is 18.3 Å². The summed E-state index contributed by atoms with van der Waals surface area (Å²) >= 11 is 0. The SMILES string of the molecule is CCCCC1CCC(c2ccc(C(=O)[O-])nc2)CC1. The minimum absolute atomic E-state index is 0.0281. The van der Waals surface area contributed by atoms with Gasteiger partial charge in [0.05, 0.1) is 11.7 Å². The molecule has 1 aliphatic rings. The molecule has 0 atom stereocenters. The molecule has 0 radical (unpaired) electrons. The lowest BCUT2D eigenvalue weighted by molar-refractivity contribution is -0.255. The lowest BCUT2D eigenvalue weighted by Gasteiger charge is -2.28. The first-order chi connectivity index (χ1) is 9.20. The molecule has 1 saturated carbocycles. The van der Waals surface area contributed by atoms with Gasteiger partial charge in [-0.15, -0.1) is 0 Å². The molecule has 0 bridgehead atoms. The lowest BCUT2D eigenvalue weighted by atomic mass is 9.77. The fourth-order valence-corrected chi connectivity index (χ4v) is 3.04. The predicted octanol–water partition coefficient (Wildman–Crippen LogP) is 2.91. The van der Waals surface area contributed by atoms with Crippen molar-refractivity contribution in [1.29, 1.82) is 0 Å². The smallest absolute Gasteiger partial charge is 0.0899 e. The highest BCUT2D eigenvalue weighted by Crippen LogP contribution is 2.37. The van der Waals surface area contributed by atoms with Crippen molar-refractivity contribution >= 4 is 5.97 Å². The van der Waals surface area contributed by atoms with E-state index in [1.807, 2.05) is 6.07 Å². The van der Waals surface area contributed by atoms with Gasteiger partial charge in [-0.2, -0.15) is 0 Å². The van der Waals surface area contributed by atoms with Crippen LogP contribution in [-0.2, 0) is 0 Å². The van der Waals surface area contributed by atoms with E-state index in [9.17, 15) is 9.90 Å². The number of aromatic carboxylic acids is 1. The summed E-state index contributed by atoms with van der Waals surface area (Å²) < 4.78 is 0. The van der Waals surface area contributed by atoms with Gasteiger partial charge in [0.25, 0.3) is 0 Å². The number of carboxylic acid groups (broad SMARTS) is 1. The van der Waals surface area contributed by atoms with Crippen molar-refractivity contribution in [3.63, 3.8) is 0 Å². The molecule has 1 heterocycles. The highest BCUT2D eigenvalue weighted by molar-refractivity contribution is 5.83. The number of unbranched alkanes of at least 4 members (excludes halogenated alkanes) is 1. The molecule has 19 heavy (non-hydrogen) atoms. The van der Waals surface area contributed by atoms with Crippen LogP contribution in [0, 0.1) is 5.92 Å². The molecule has 0 amide bonds. The van der Waals surface area contributed by atoms with E-state index in [0.717, 1.165) is 5.92 Å². The Bertz CT molecular complexity index is 405. The quantitative estimate of drug-likeness (QED) is 0.818. The van der Waals surface area contributed by atoms with Crippen LogP contribution in [0.4, 0.5) is 0 Å². The molecular formula is C16H22NO2-. The van der Waals surface area contributed by atoms with Gasteiger partial charge in [-0.3, -0.25) is 4.98 Å². The van der Waals surface area contributed by atoms with Gasteiger partial charge < -0.3 is 9.90 Å². The molecule has 1 aromatic heterocycles. The van der Waals surface area contributed by atoms with Crippen molar-refractivity contribution in [2.75, 3.05) is 0 Å². The zero-order chi connectivity index (χ0) is 13.7. The van der Waals surface area contributed by atoms with Crippen LogP contribution >= 0.6 is 0 Å². The first kappa shape index (κ1) is 14.0. The molecule has 0 aliphatic heterocycles. The van der Waals surface area contributed by atoms with Crippen LogP contribution in [0.1, 0.15) is 73.8 Å². The highest BCUT2D eigenvalue weighted by atomic mass is 16.4. The first-order valence-corrected chi connectivity index (χ1v) is 7.38. The maximum absolute atomic E-state index is 10.7. The van der Waals surface area contributed by atoms with E-state index in [4.69, 9.17) is 0 Å². The predicted molar refractivity (Wildman–Crippen MR) is 72.8 cm³/mol. The van der Waals surface area contributed by atoms with Crippen molar-refractivity contribution in [2.24, 2.45) is 5.92 Å². The number of carbonyl (C=O) groups excluding carboxylic acids is 1. The van der Waals surface area contributed by atoms with Gasteiger partial charge >= 0.3 is 0 Å². The standard InChI is InChI=1S/C16H23NO2/c1-2-3-4-12-5-7-13(8-6-12)14-9-10-15(16(18)19)17-11-14/h9-13H,2-8H2,1H3,(H,18,19)/p-1. The molecule has 2 rings (SSSR count). The van der Waals surface area contributed by atoms with E-state index < -0.39 is 5.97 Å². The molecule has 3 nitrogen and oxygen atoms in total. The number of carboxylic acids is 1. The highest BCUT2D eigenvalue weighted by Gasteiger charge is 2.22. The molecule has 1 aliphatic carbocycles. The molecule has 0 aromatic carbocycles. The van der Waals surface area contributed by atoms with Gasteiger partial charge in [0.2, 0.25) is 0 Å². The van der Waals surface area contributed by atoms with Crippen LogP contribution in [0.5, 0.6) is 0 Å². The largest absolute Gasteiger partial charge is 0.543 e. The average molecular weight is 260 g/mol. The molecule has 1 aromatic rings. The van der Waals surface area contributed by atoms with Crippen molar-refractivity contribution < 1.29 is 9.90 Å². The average Bonchev–Trinajstić information content (AvgIpc) is 2.46. The number of rotatable bonds is 5. The van der Waals surface area contributed by atoms with E-state index >= 15 is 0 Å². The topological polar surface area (TPSA) is 53.0 Å². The molecule has 3 heteroatoms. The number of carbonyl (C=O) groups is 1. The Morgan fingerprint density at radius 2 is 2.05 bits per heavy atom. The number of aromatic nitrogens is 1. The van der Waals surface area contributed by atoms with Crippen LogP contribution in [-0.4, -0.2) is 11.0 Å². The van der Waals surface area contributed by atoms with Gasteiger partial charge in [-0.25, -0.2) is 0 Å². The van der Waals surface area contributed by atoms with Crippen LogP contribution in [0.2, 0.25) is 0 Å². The third kappa shape index (κ3) is 3.79. The third-order valence-electron chi connectivity index (χ3n) is 4.28. The molecule has 1 fully saturated rings. The summed E-state index contributed by atoms with van der Waals surface area (Å²) in [6, 6.07) is 3.46. The fraction of sp³-hybridized carbons (Fsp3) is 0.625. The van der Waals surface area contributed by atoms with Gasteiger partial charge in [0, 0.05) is 6.20 Å². The zero-order valence-electron chi connectivity index (χ0n) is 11.6. The second kappa shape index (κ2) is 6.69. The zero-order valence-corrected chi connectivity index (χ0v) is 11.6. The first-order valence-electron chi connectivity index (χ1n) is 7.38. The maximum Gasteiger partial charge on any atom is 0.0899 e. The van der Waals surface area contributed by atoms with Crippen molar-refractivity contribution in [3.8, 4) is 0 Å². The summed E-state index contributed by atoms with van der Waals surface area (Å²) in [5.74, 6) is 0.252. The maximum atomic E-state index is 10.7. The second-order valence-electron chi connectivity index (χ2n) is 5.62. The Morgan fingerprint density at radius 1 is 1.32 bits per heavy atom. The summed E-state index contributed by atoms with van der Waals surface area (Å²) in [6.45, 7) is 2.25. The normalized spacial score (nSPS) is 23.2. The summed E-state index contributed by atoms with van der Waals surface area (Å²) in [6.07, 6.45) is 10.7. The number of pyridine rings is 1. The second-order valence-corrected chi connectivity index (χ2v) is 5.62. The Hall–Kier alpha value is -1.38. The number of hydrogen-bond donors (Lipinski definition) is 0. The van der Waals surface area contributed by atoms with Crippen molar-refractivity contribution in [3.05, 3.63) is 29.6 Å².